The van der Waals surface area contributed by atoms with E-state index in [0.717, 1.165) is 30.9 Å². The topological polar surface area (TPSA) is 50.2 Å². The van der Waals surface area contributed by atoms with Gasteiger partial charge in [-0.1, -0.05) is 6.42 Å². The molecule has 2 aliphatic carbocycles. The molecular formula is C14H22N4O. The van der Waals surface area contributed by atoms with E-state index in [-0.39, 0.29) is 6.03 Å². The van der Waals surface area contributed by atoms with E-state index in [4.69, 9.17) is 0 Å². The molecular weight excluding hydrogens is 240 g/mol. The van der Waals surface area contributed by atoms with Crippen molar-refractivity contribution in [3.63, 3.8) is 0 Å². The fraction of sp³-hybridized carbons (Fsp3) is 0.714. The lowest BCUT2D eigenvalue weighted by Crippen LogP contribution is -2.36. The number of urea groups is 1. The summed E-state index contributed by atoms with van der Waals surface area (Å²) in [4.78, 5) is 14.1. The van der Waals surface area contributed by atoms with Gasteiger partial charge in [0.05, 0.1) is 5.69 Å². The maximum absolute atomic E-state index is 12.2. The van der Waals surface area contributed by atoms with Crippen LogP contribution in [0.3, 0.4) is 0 Å². The third-order valence-corrected chi connectivity index (χ3v) is 4.25. The van der Waals surface area contributed by atoms with Crippen LogP contribution in [-0.2, 0) is 7.05 Å². The molecule has 2 fully saturated rings. The highest BCUT2D eigenvalue weighted by Gasteiger charge is 2.32. The molecule has 2 aliphatic rings. The molecule has 1 aromatic rings. The number of rotatable bonds is 4. The highest BCUT2D eigenvalue weighted by Crippen LogP contribution is 2.36. The zero-order valence-electron chi connectivity index (χ0n) is 11.7. The van der Waals surface area contributed by atoms with E-state index in [2.05, 4.69) is 10.4 Å². The molecule has 0 atom stereocenters. The van der Waals surface area contributed by atoms with Crippen LogP contribution in [0.4, 0.5) is 10.6 Å². The van der Waals surface area contributed by atoms with Gasteiger partial charge in [0.1, 0.15) is 5.82 Å². The molecule has 5 heteroatoms. The molecule has 3 rings (SSSR count). The Morgan fingerprint density at radius 2 is 2.21 bits per heavy atom. The molecule has 0 saturated heterocycles. The number of anilines is 1. The largest absolute Gasteiger partial charge is 0.323 e. The van der Waals surface area contributed by atoms with Crippen LogP contribution in [0.2, 0.25) is 0 Å². The Morgan fingerprint density at radius 1 is 1.47 bits per heavy atom. The van der Waals surface area contributed by atoms with Gasteiger partial charge in [0.2, 0.25) is 0 Å². The molecule has 0 unspecified atom stereocenters. The van der Waals surface area contributed by atoms with Crippen molar-refractivity contribution in [2.24, 2.45) is 7.05 Å². The van der Waals surface area contributed by atoms with Crippen LogP contribution < -0.4 is 5.32 Å². The van der Waals surface area contributed by atoms with Gasteiger partial charge in [0.15, 0.2) is 0 Å². The zero-order valence-corrected chi connectivity index (χ0v) is 11.7. The molecule has 0 radical (unpaired) electrons. The highest BCUT2D eigenvalue weighted by atomic mass is 16.2. The van der Waals surface area contributed by atoms with E-state index in [0.29, 0.717) is 12.0 Å². The van der Waals surface area contributed by atoms with Crippen LogP contribution in [0.5, 0.6) is 0 Å². The van der Waals surface area contributed by atoms with Crippen molar-refractivity contribution < 1.29 is 4.79 Å². The Kier molecular flexibility index (Phi) is 3.21. The van der Waals surface area contributed by atoms with Gasteiger partial charge in [-0.25, -0.2) is 4.79 Å². The van der Waals surface area contributed by atoms with Crippen molar-refractivity contribution in [2.45, 2.75) is 51.0 Å². The Hall–Kier alpha value is -1.52. The fourth-order valence-electron chi connectivity index (χ4n) is 2.65. The summed E-state index contributed by atoms with van der Waals surface area (Å²) in [6.07, 6.45) is 6.04. The number of hydrogen-bond acceptors (Lipinski definition) is 2. The first kappa shape index (κ1) is 12.5. The van der Waals surface area contributed by atoms with E-state index in [1.165, 1.54) is 19.3 Å². The van der Waals surface area contributed by atoms with E-state index >= 15 is 0 Å². The first-order valence-electron chi connectivity index (χ1n) is 7.30. The molecule has 0 bridgehead atoms. The maximum atomic E-state index is 12.2. The Bertz CT molecular complexity index is 474. The second-order valence-corrected chi connectivity index (χ2v) is 5.65. The van der Waals surface area contributed by atoms with Crippen LogP contribution in [0.15, 0.2) is 6.07 Å². The number of nitrogens with one attached hydrogen (secondary N) is 1. The lowest BCUT2D eigenvalue weighted by atomic mass is 9.83. The number of carbonyl (C=O) groups excluding carboxylic acids is 1. The van der Waals surface area contributed by atoms with Crippen molar-refractivity contribution in [1.82, 2.24) is 14.7 Å². The van der Waals surface area contributed by atoms with Crippen molar-refractivity contribution in [1.29, 1.82) is 0 Å². The minimum atomic E-state index is 0.00756. The molecule has 2 amide bonds. The predicted octanol–water partition coefficient (Wildman–Crippen LogP) is 2.70. The summed E-state index contributed by atoms with van der Waals surface area (Å²) in [6, 6.07) is 2.49. The molecule has 1 aromatic heterocycles. The highest BCUT2D eigenvalue weighted by molar-refractivity contribution is 5.88. The number of carbonyl (C=O) groups is 1. The number of aryl methyl sites for hydroxylation is 1. The summed E-state index contributed by atoms with van der Waals surface area (Å²) >= 11 is 0. The van der Waals surface area contributed by atoms with Gasteiger partial charge in [-0.3, -0.25) is 10.00 Å². The molecule has 5 nitrogen and oxygen atoms in total. The van der Waals surface area contributed by atoms with E-state index < -0.39 is 0 Å². The molecule has 0 spiro atoms. The van der Waals surface area contributed by atoms with Gasteiger partial charge in [0, 0.05) is 31.6 Å². The third-order valence-electron chi connectivity index (χ3n) is 4.25. The zero-order chi connectivity index (χ0) is 13.4. The standard InChI is InChI=1S/C14H22N4O/c1-3-18(11-7-8-11)14(19)15-13-9-12(16-17(13)2)10-5-4-6-10/h9-11H,3-8H2,1-2H3,(H,15,19). The smallest absolute Gasteiger partial charge is 0.322 e. The quantitative estimate of drug-likeness (QED) is 0.907. The van der Waals surface area contributed by atoms with Crippen molar-refractivity contribution in [3.05, 3.63) is 11.8 Å². The molecule has 1 N–H and O–H groups in total. The van der Waals surface area contributed by atoms with Crippen molar-refractivity contribution in [2.75, 3.05) is 11.9 Å². The second-order valence-electron chi connectivity index (χ2n) is 5.65. The first-order valence-corrected chi connectivity index (χ1v) is 7.30. The minimum absolute atomic E-state index is 0.00756. The monoisotopic (exact) mass is 262 g/mol. The number of amides is 2. The molecule has 2 saturated carbocycles. The van der Waals surface area contributed by atoms with Crippen LogP contribution in [0.1, 0.15) is 50.6 Å². The molecule has 0 aromatic carbocycles. The SMILES string of the molecule is CCN(C(=O)Nc1cc(C2CCC2)nn1C)C1CC1. The average molecular weight is 262 g/mol. The minimum Gasteiger partial charge on any atom is -0.322 e. The number of nitrogens with zero attached hydrogens (tertiary/aromatic N) is 3. The first-order chi connectivity index (χ1) is 9.19. The van der Waals surface area contributed by atoms with E-state index in [9.17, 15) is 4.79 Å². The van der Waals surface area contributed by atoms with Crippen molar-refractivity contribution in [3.8, 4) is 0 Å². The lowest BCUT2D eigenvalue weighted by Gasteiger charge is -2.22. The van der Waals surface area contributed by atoms with Gasteiger partial charge in [-0.05, 0) is 32.6 Å². The Morgan fingerprint density at radius 3 is 2.74 bits per heavy atom. The summed E-state index contributed by atoms with van der Waals surface area (Å²) < 4.78 is 1.78. The third kappa shape index (κ3) is 2.46. The second kappa shape index (κ2) is 4.87. The van der Waals surface area contributed by atoms with Crippen LogP contribution in [-0.4, -0.2) is 33.3 Å². The summed E-state index contributed by atoms with van der Waals surface area (Å²) in [5.41, 5.74) is 1.12. The molecule has 19 heavy (non-hydrogen) atoms. The molecule has 1 heterocycles. The lowest BCUT2D eigenvalue weighted by molar-refractivity contribution is 0.211. The Labute approximate surface area is 114 Å². The fourth-order valence-corrected chi connectivity index (χ4v) is 2.65. The van der Waals surface area contributed by atoms with Crippen LogP contribution >= 0.6 is 0 Å². The predicted molar refractivity (Wildman–Crippen MR) is 74.2 cm³/mol. The Balaban J connectivity index is 1.68. The maximum Gasteiger partial charge on any atom is 0.323 e. The van der Waals surface area contributed by atoms with Crippen LogP contribution in [0, 0.1) is 0 Å². The van der Waals surface area contributed by atoms with Gasteiger partial charge in [-0.15, -0.1) is 0 Å². The molecule has 0 aliphatic heterocycles. The molecule has 104 valence electrons. The van der Waals surface area contributed by atoms with Crippen LogP contribution in [0.25, 0.3) is 0 Å². The van der Waals surface area contributed by atoms with E-state index in [1.54, 1.807) is 4.68 Å². The summed E-state index contributed by atoms with van der Waals surface area (Å²) in [6.45, 7) is 2.80. The summed E-state index contributed by atoms with van der Waals surface area (Å²) in [7, 11) is 1.89. The van der Waals surface area contributed by atoms with Gasteiger partial charge < -0.3 is 4.90 Å². The summed E-state index contributed by atoms with van der Waals surface area (Å²) in [5, 5.41) is 7.51. The average Bonchev–Trinajstić information content (AvgIpc) is 3.05. The summed E-state index contributed by atoms with van der Waals surface area (Å²) in [5.74, 6) is 1.41. The normalized spacial score (nSPS) is 19.1. The van der Waals surface area contributed by atoms with Gasteiger partial charge >= 0.3 is 6.03 Å². The van der Waals surface area contributed by atoms with Crippen molar-refractivity contribution >= 4 is 11.8 Å². The van der Waals surface area contributed by atoms with E-state index in [1.807, 2.05) is 24.9 Å². The number of aromatic nitrogens is 2. The van der Waals surface area contributed by atoms with Gasteiger partial charge in [-0.2, -0.15) is 5.10 Å². The van der Waals surface area contributed by atoms with Gasteiger partial charge in [0.25, 0.3) is 0 Å². The number of hydrogen-bond donors (Lipinski definition) is 1.